The fraction of sp³-hybridized carbons (Fsp3) is 0.333. The number of methoxy groups -OCH3 is 2. The molecule has 0 aliphatic carbocycles. The smallest absolute Gasteiger partial charge is 0.240 e. The minimum Gasteiger partial charge on any atom is -0.496 e. The lowest BCUT2D eigenvalue weighted by molar-refractivity contribution is 0.184. The van der Waals surface area contributed by atoms with Crippen molar-refractivity contribution >= 4 is 0 Å². The van der Waals surface area contributed by atoms with Crippen LogP contribution in [-0.2, 0) is 17.9 Å². The third kappa shape index (κ3) is 2.72. The quantitative estimate of drug-likeness (QED) is 0.883. The summed E-state index contributed by atoms with van der Waals surface area (Å²) in [6.45, 7) is 0.339. The van der Waals surface area contributed by atoms with Crippen LogP contribution in [0.25, 0.3) is 11.4 Å². The molecule has 0 fully saturated rings. The van der Waals surface area contributed by atoms with Crippen molar-refractivity contribution in [2.24, 2.45) is 5.73 Å². The maximum Gasteiger partial charge on any atom is 0.240 e. The first-order valence-electron chi connectivity index (χ1n) is 5.58. The van der Waals surface area contributed by atoms with E-state index in [9.17, 15) is 4.39 Å². The summed E-state index contributed by atoms with van der Waals surface area (Å²) in [6.07, 6.45) is 0. The lowest BCUT2D eigenvalue weighted by Gasteiger charge is -2.11. The average Bonchev–Trinajstić information content (AvgIpc) is 2.86. The minimum absolute atomic E-state index is 0.135. The molecule has 6 nitrogen and oxygen atoms in total. The predicted octanol–water partition coefficient (Wildman–Crippen LogP) is 1.49. The van der Waals surface area contributed by atoms with E-state index in [1.54, 1.807) is 0 Å². The molecule has 1 aromatic carbocycles. The summed E-state index contributed by atoms with van der Waals surface area (Å²) < 4.78 is 28.6. The van der Waals surface area contributed by atoms with Gasteiger partial charge in [0, 0.05) is 13.2 Å². The summed E-state index contributed by atoms with van der Waals surface area (Å²) in [7, 11) is 2.96. The first-order chi connectivity index (χ1) is 9.19. The summed E-state index contributed by atoms with van der Waals surface area (Å²) in [6, 6.07) is 2.60. The average molecular weight is 267 g/mol. The van der Waals surface area contributed by atoms with Crippen LogP contribution in [0.2, 0.25) is 0 Å². The van der Waals surface area contributed by atoms with Gasteiger partial charge < -0.3 is 19.7 Å². The highest BCUT2D eigenvalue weighted by Crippen LogP contribution is 2.33. The van der Waals surface area contributed by atoms with Gasteiger partial charge >= 0.3 is 0 Å². The van der Waals surface area contributed by atoms with Gasteiger partial charge in [-0.05, 0) is 11.6 Å². The van der Waals surface area contributed by atoms with Crippen molar-refractivity contribution in [1.29, 1.82) is 0 Å². The van der Waals surface area contributed by atoms with Gasteiger partial charge in [0.05, 0.1) is 25.8 Å². The summed E-state index contributed by atoms with van der Waals surface area (Å²) in [5.41, 5.74) is 6.53. The van der Waals surface area contributed by atoms with Crippen LogP contribution in [0.15, 0.2) is 16.7 Å². The zero-order chi connectivity index (χ0) is 13.8. The van der Waals surface area contributed by atoms with Gasteiger partial charge in [-0.2, -0.15) is 4.98 Å². The summed E-state index contributed by atoms with van der Waals surface area (Å²) in [5, 5.41) is 3.81. The molecule has 1 aromatic heterocycles. The Morgan fingerprint density at radius 1 is 1.37 bits per heavy atom. The van der Waals surface area contributed by atoms with Crippen LogP contribution in [0.1, 0.15) is 11.5 Å². The second-order valence-corrected chi connectivity index (χ2v) is 3.79. The van der Waals surface area contributed by atoms with Gasteiger partial charge in [-0.15, -0.1) is 0 Å². The Morgan fingerprint density at radius 2 is 2.16 bits per heavy atom. The Kier molecular flexibility index (Phi) is 4.08. The van der Waals surface area contributed by atoms with Gasteiger partial charge in [0.25, 0.3) is 0 Å². The highest BCUT2D eigenvalue weighted by atomic mass is 19.1. The summed E-state index contributed by atoms with van der Waals surface area (Å²) in [4.78, 5) is 4.12. The van der Waals surface area contributed by atoms with Crippen LogP contribution in [0.3, 0.4) is 0 Å². The summed E-state index contributed by atoms with van der Waals surface area (Å²) >= 11 is 0. The minimum atomic E-state index is -0.421. The van der Waals surface area contributed by atoms with Crippen LogP contribution in [0, 0.1) is 5.82 Å². The molecule has 2 N–H and O–H groups in total. The number of hydrogen-bond donors (Lipinski definition) is 1. The number of rotatable bonds is 5. The normalized spacial score (nSPS) is 10.7. The molecule has 19 heavy (non-hydrogen) atoms. The van der Waals surface area contributed by atoms with Crippen molar-refractivity contribution < 1.29 is 18.4 Å². The fourth-order valence-electron chi connectivity index (χ4n) is 1.76. The van der Waals surface area contributed by atoms with E-state index in [2.05, 4.69) is 10.1 Å². The number of nitrogens with zero attached hydrogens (tertiary/aromatic N) is 2. The van der Waals surface area contributed by atoms with Gasteiger partial charge in [0.15, 0.2) is 0 Å². The third-order valence-corrected chi connectivity index (χ3v) is 2.53. The third-order valence-electron chi connectivity index (χ3n) is 2.53. The Labute approximate surface area is 109 Å². The molecule has 102 valence electrons. The maximum absolute atomic E-state index is 13.5. The van der Waals surface area contributed by atoms with Crippen LogP contribution >= 0.6 is 0 Å². The number of halogens is 1. The Bertz CT molecular complexity index is 571. The van der Waals surface area contributed by atoms with Gasteiger partial charge in [0.1, 0.15) is 11.6 Å². The van der Waals surface area contributed by atoms with Crippen molar-refractivity contribution in [1.82, 2.24) is 10.1 Å². The van der Waals surface area contributed by atoms with Crippen LogP contribution in [0.4, 0.5) is 4.39 Å². The lowest BCUT2D eigenvalue weighted by Crippen LogP contribution is -2.00. The first-order valence-corrected chi connectivity index (χ1v) is 5.58. The molecule has 0 saturated carbocycles. The molecular formula is C12H14FN3O3. The van der Waals surface area contributed by atoms with Gasteiger partial charge in [-0.1, -0.05) is 5.16 Å². The fourth-order valence-corrected chi connectivity index (χ4v) is 1.76. The zero-order valence-corrected chi connectivity index (χ0v) is 10.6. The standard InChI is InChI=1S/C12H14FN3O3/c1-17-6-7-3-8(13)4-9(18-2)11(7)12-15-10(5-14)19-16-12/h3-4H,5-6,14H2,1-2H3. The first kappa shape index (κ1) is 13.4. The second kappa shape index (κ2) is 5.77. The Balaban J connectivity index is 2.57. The molecule has 2 aromatic rings. The molecule has 0 aliphatic heterocycles. The number of benzene rings is 1. The van der Waals surface area contributed by atoms with Crippen molar-refractivity contribution in [3.05, 3.63) is 29.4 Å². The molecule has 0 saturated heterocycles. The molecular weight excluding hydrogens is 253 g/mol. The van der Waals surface area contributed by atoms with E-state index >= 15 is 0 Å². The van der Waals surface area contributed by atoms with Crippen molar-refractivity contribution in [3.63, 3.8) is 0 Å². The van der Waals surface area contributed by atoms with Gasteiger partial charge in [-0.3, -0.25) is 0 Å². The topological polar surface area (TPSA) is 83.4 Å². The van der Waals surface area contributed by atoms with E-state index in [4.69, 9.17) is 19.7 Å². The van der Waals surface area contributed by atoms with Crippen LogP contribution in [0.5, 0.6) is 5.75 Å². The molecule has 2 rings (SSSR count). The van der Waals surface area contributed by atoms with E-state index in [-0.39, 0.29) is 13.2 Å². The predicted molar refractivity (Wildman–Crippen MR) is 64.8 cm³/mol. The molecule has 0 unspecified atom stereocenters. The number of aromatic nitrogens is 2. The van der Waals surface area contributed by atoms with Gasteiger partial charge in [-0.25, -0.2) is 4.39 Å². The van der Waals surface area contributed by atoms with Crippen molar-refractivity contribution in [3.8, 4) is 17.1 Å². The highest BCUT2D eigenvalue weighted by Gasteiger charge is 2.19. The second-order valence-electron chi connectivity index (χ2n) is 3.79. The number of nitrogens with two attached hydrogens (primary N) is 1. The molecule has 0 aliphatic rings. The van der Waals surface area contributed by atoms with Crippen LogP contribution < -0.4 is 10.5 Å². The molecule has 1 heterocycles. The number of ether oxygens (including phenoxy) is 2. The molecule has 0 spiro atoms. The molecule has 7 heteroatoms. The SMILES string of the molecule is COCc1cc(F)cc(OC)c1-c1noc(CN)n1. The molecule has 0 atom stereocenters. The van der Waals surface area contributed by atoms with Crippen LogP contribution in [-0.4, -0.2) is 24.4 Å². The van der Waals surface area contributed by atoms with E-state index < -0.39 is 5.82 Å². The lowest BCUT2D eigenvalue weighted by atomic mass is 10.1. The van der Waals surface area contributed by atoms with Crippen molar-refractivity contribution in [2.75, 3.05) is 14.2 Å². The molecule has 0 amide bonds. The van der Waals surface area contributed by atoms with E-state index in [0.29, 0.717) is 28.6 Å². The van der Waals surface area contributed by atoms with E-state index in [1.165, 1.54) is 26.4 Å². The Morgan fingerprint density at radius 3 is 2.74 bits per heavy atom. The number of hydrogen-bond acceptors (Lipinski definition) is 6. The monoisotopic (exact) mass is 267 g/mol. The van der Waals surface area contributed by atoms with Gasteiger partial charge in [0.2, 0.25) is 11.7 Å². The van der Waals surface area contributed by atoms with E-state index in [0.717, 1.165) is 0 Å². The summed E-state index contributed by atoms with van der Waals surface area (Å²) in [5.74, 6) is 0.487. The zero-order valence-electron chi connectivity index (χ0n) is 10.6. The van der Waals surface area contributed by atoms with Crippen molar-refractivity contribution in [2.45, 2.75) is 13.2 Å². The Hall–Kier alpha value is -1.99. The highest BCUT2D eigenvalue weighted by molar-refractivity contribution is 5.68. The van der Waals surface area contributed by atoms with E-state index in [1.807, 2.05) is 0 Å². The maximum atomic E-state index is 13.5. The largest absolute Gasteiger partial charge is 0.496 e. The molecule has 0 bridgehead atoms. The molecule has 0 radical (unpaired) electrons.